The summed E-state index contributed by atoms with van der Waals surface area (Å²) in [4.78, 5) is 11.3. The Morgan fingerprint density at radius 3 is 2.28 bits per heavy atom. The molecule has 0 aromatic heterocycles. The Morgan fingerprint density at radius 1 is 1.08 bits per heavy atom. The highest BCUT2D eigenvalue weighted by atomic mass is 35.5. The van der Waals surface area contributed by atoms with Gasteiger partial charge in [-0.15, -0.1) is 12.4 Å². The zero-order valence-corrected chi connectivity index (χ0v) is 14.3. The number of carboxylic acid groups (broad SMARTS) is 1. The van der Waals surface area contributed by atoms with E-state index in [0.29, 0.717) is 12.6 Å². The van der Waals surface area contributed by atoms with Crippen LogP contribution in [0.25, 0.3) is 0 Å². The van der Waals surface area contributed by atoms with Crippen LogP contribution in [-0.2, 0) is 17.8 Å². The van der Waals surface area contributed by atoms with E-state index in [-0.39, 0.29) is 24.4 Å². The van der Waals surface area contributed by atoms with Gasteiger partial charge in [-0.3, -0.25) is 4.79 Å². The predicted octanol–water partition coefficient (Wildman–Crippen LogP) is 3.95. The van der Waals surface area contributed by atoms with Crippen molar-refractivity contribution < 1.29 is 23.1 Å². The molecule has 2 aromatic rings. The van der Waals surface area contributed by atoms with Crippen molar-refractivity contribution in [3.05, 3.63) is 71.0 Å². The summed E-state index contributed by atoms with van der Waals surface area (Å²) in [7, 11) is 0. The van der Waals surface area contributed by atoms with Crippen LogP contribution in [0, 0.1) is 23.4 Å². The van der Waals surface area contributed by atoms with E-state index in [1.165, 1.54) is 6.92 Å². The summed E-state index contributed by atoms with van der Waals surface area (Å²) >= 11 is 0. The third kappa shape index (κ3) is 5.76. The van der Waals surface area contributed by atoms with Crippen molar-refractivity contribution in [3.63, 3.8) is 0 Å². The Labute approximate surface area is 150 Å². The molecule has 0 saturated carbocycles. The van der Waals surface area contributed by atoms with E-state index in [0.717, 1.165) is 11.6 Å². The summed E-state index contributed by atoms with van der Waals surface area (Å²) in [6.07, 6.45) is -0.0661. The Hall–Kier alpha value is -2.05. The van der Waals surface area contributed by atoms with Gasteiger partial charge in [-0.05, 0) is 23.6 Å². The van der Waals surface area contributed by atoms with Gasteiger partial charge in [-0.25, -0.2) is 13.2 Å². The first kappa shape index (κ1) is 21.0. The smallest absolute Gasteiger partial charge is 0.307 e. The Morgan fingerprint density at radius 2 is 1.68 bits per heavy atom. The molecule has 2 rings (SSSR count). The first-order valence-electron chi connectivity index (χ1n) is 7.52. The molecule has 0 fully saturated rings. The van der Waals surface area contributed by atoms with E-state index in [4.69, 9.17) is 0 Å². The molecule has 2 aromatic carbocycles. The molecule has 0 aliphatic rings. The maximum Gasteiger partial charge on any atom is 0.307 e. The summed E-state index contributed by atoms with van der Waals surface area (Å²) in [6.45, 7) is 1.87. The number of carbonyl (C=O) groups is 1. The number of carboxylic acids is 1. The van der Waals surface area contributed by atoms with Gasteiger partial charge in [0.2, 0.25) is 0 Å². The number of hydrogen-bond acceptors (Lipinski definition) is 2. The normalized spacial score (nSPS) is 13.0. The van der Waals surface area contributed by atoms with Gasteiger partial charge < -0.3 is 10.4 Å². The second-order valence-corrected chi connectivity index (χ2v) is 5.66. The maximum absolute atomic E-state index is 13.8. The molecular weight excluding hydrogens is 355 g/mol. The second-order valence-electron chi connectivity index (χ2n) is 5.66. The molecule has 0 spiro atoms. The predicted molar refractivity (Wildman–Crippen MR) is 91.1 cm³/mol. The highest BCUT2D eigenvalue weighted by Gasteiger charge is 2.25. The monoisotopic (exact) mass is 373 g/mol. The van der Waals surface area contributed by atoms with Crippen LogP contribution in [0.2, 0.25) is 0 Å². The first-order valence-corrected chi connectivity index (χ1v) is 7.52. The summed E-state index contributed by atoms with van der Waals surface area (Å²) in [6, 6.07) is 9.91. The second kappa shape index (κ2) is 9.44. The Bertz CT molecular complexity index is 713. The fourth-order valence-electron chi connectivity index (χ4n) is 2.40. The maximum atomic E-state index is 13.8. The minimum atomic E-state index is -1.27. The van der Waals surface area contributed by atoms with Crippen LogP contribution in [0.4, 0.5) is 13.2 Å². The van der Waals surface area contributed by atoms with E-state index in [9.17, 15) is 23.1 Å². The van der Waals surface area contributed by atoms with Gasteiger partial charge in [-0.1, -0.05) is 37.3 Å². The molecule has 0 saturated heterocycles. The molecule has 2 unspecified atom stereocenters. The molecule has 0 heterocycles. The highest BCUT2D eigenvalue weighted by Crippen LogP contribution is 2.18. The van der Waals surface area contributed by atoms with Gasteiger partial charge in [0.15, 0.2) is 11.6 Å². The Kier molecular flexibility index (Phi) is 7.93. The SMILES string of the molecule is CC(C(=O)O)C(Cc1cc(F)c(F)cc1F)NCc1ccccc1.Cl. The third-order valence-corrected chi connectivity index (χ3v) is 3.93. The number of halogens is 4. The molecular formula is C18H19ClF3NO2. The molecule has 0 bridgehead atoms. The zero-order chi connectivity index (χ0) is 17.7. The van der Waals surface area contributed by atoms with E-state index in [1.54, 1.807) is 0 Å². The quantitative estimate of drug-likeness (QED) is 0.722. The lowest BCUT2D eigenvalue weighted by atomic mass is 9.94. The average Bonchev–Trinajstić information content (AvgIpc) is 2.56. The summed E-state index contributed by atoms with van der Waals surface area (Å²) < 4.78 is 40.2. The fraction of sp³-hybridized carbons (Fsp3) is 0.278. The number of benzene rings is 2. The van der Waals surface area contributed by atoms with Gasteiger partial charge in [0.25, 0.3) is 0 Å². The van der Waals surface area contributed by atoms with E-state index < -0.39 is 35.4 Å². The number of hydrogen-bond donors (Lipinski definition) is 2. The fourth-order valence-corrected chi connectivity index (χ4v) is 2.40. The molecule has 0 radical (unpaired) electrons. The largest absolute Gasteiger partial charge is 0.481 e. The molecule has 0 amide bonds. The third-order valence-electron chi connectivity index (χ3n) is 3.93. The van der Waals surface area contributed by atoms with Gasteiger partial charge in [0.1, 0.15) is 5.82 Å². The van der Waals surface area contributed by atoms with Crippen LogP contribution in [0.1, 0.15) is 18.1 Å². The van der Waals surface area contributed by atoms with Crippen molar-refractivity contribution in [2.24, 2.45) is 5.92 Å². The van der Waals surface area contributed by atoms with Crippen LogP contribution in [0.3, 0.4) is 0 Å². The van der Waals surface area contributed by atoms with E-state index in [1.807, 2.05) is 30.3 Å². The van der Waals surface area contributed by atoms with Crippen molar-refractivity contribution in [2.45, 2.75) is 25.9 Å². The van der Waals surface area contributed by atoms with Gasteiger partial charge in [0.05, 0.1) is 5.92 Å². The molecule has 2 N–H and O–H groups in total. The van der Waals surface area contributed by atoms with Crippen molar-refractivity contribution in [1.82, 2.24) is 5.32 Å². The lowest BCUT2D eigenvalue weighted by Crippen LogP contribution is -2.40. The van der Waals surface area contributed by atoms with Crippen LogP contribution < -0.4 is 5.32 Å². The zero-order valence-electron chi connectivity index (χ0n) is 13.5. The standard InChI is InChI=1S/C18H18F3NO2.ClH/c1-11(18(23)24)17(22-10-12-5-3-2-4-6-12)8-13-7-15(20)16(21)9-14(13)19;/h2-7,9,11,17,22H,8,10H2,1H3,(H,23,24);1H. The summed E-state index contributed by atoms with van der Waals surface area (Å²) in [5.74, 6) is -5.20. The van der Waals surface area contributed by atoms with Crippen LogP contribution >= 0.6 is 12.4 Å². The molecule has 7 heteroatoms. The molecule has 0 aliphatic heterocycles. The molecule has 2 atom stereocenters. The molecule has 0 aliphatic carbocycles. The van der Waals surface area contributed by atoms with Crippen LogP contribution in [-0.4, -0.2) is 17.1 Å². The van der Waals surface area contributed by atoms with Crippen LogP contribution in [0.15, 0.2) is 42.5 Å². The Balaban J connectivity index is 0.00000312. The van der Waals surface area contributed by atoms with Gasteiger partial charge in [0, 0.05) is 18.7 Å². The number of rotatable bonds is 7. The van der Waals surface area contributed by atoms with E-state index >= 15 is 0 Å². The van der Waals surface area contributed by atoms with Crippen molar-refractivity contribution >= 4 is 18.4 Å². The topological polar surface area (TPSA) is 49.3 Å². The van der Waals surface area contributed by atoms with Crippen molar-refractivity contribution in [3.8, 4) is 0 Å². The van der Waals surface area contributed by atoms with Gasteiger partial charge >= 0.3 is 5.97 Å². The van der Waals surface area contributed by atoms with E-state index in [2.05, 4.69) is 5.32 Å². The molecule has 25 heavy (non-hydrogen) atoms. The van der Waals surface area contributed by atoms with Gasteiger partial charge in [-0.2, -0.15) is 0 Å². The first-order chi connectivity index (χ1) is 11.4. The lowest BCUT2D eigenvalue weighted by Gasteiger charge is -2.23. The highest BCUT2D eigenvalue weighted by molar-refractivity contribution is 5.85. The molecule has 3 nitrogen and oxygen atoms in total. The van der Waals surface area contributed by atoms with Crippen molar-refractivity contribution in [1.29, 1.82) is 0 Å². The lowest BCUT2D eigenvalue weighted by molar-refractivity contribution is -0.142. The minimum absolute atomic E-state index is 0. The number of aliphatic carboxylic acids is 1. The molecule has 136 valence electrons. The number of nitrogens with one attached hydrogen (secondary N) is 1. The summed E-state index contributed by atoms with van der Waals surface area (Å²) in [5.41, 5.74) is 0.874. The minimum Gasteiger partial charge on any atom is -0.481 e. The van der Waals surface area contributed by atoms with Crippen LogP contribution in [0.5, 0.6) is 0 Å². The average molecular weight is 374 g/mol. The summed E-state index contributed by atoms with van der Waals surface area (Å²) in [5, 5.41) is 12.3. The van der Waals surface area contributed by atoms with Crippen molar-refractivity contribution in [2.75, 3.05) is 0 Å².